The zero-order chi connectivity index (χ0) is 9.97. The number of aromatic hydroxyl groups is 1. The van der Waals surface area contributed by atoms with Crippen LogP contribution in [0.3, 0.4) is 0 Å². The van der Waals surface area contributed by atoms with Crippen molar-refractivity contribution in [2.45, 2.75) is 13.3 Å². The van der Waals surface area contributed by atoms with E-state index in [1.165, 1.54) is 0 Å². The van der Waals surface area contributed by atoms with Gasteiger partial charge >= 0.3 is 0 Å². The predicted molar refractivity (Wildman–Crippen MR) is 55.7 cm³/mol. The Morgan fingerprint density at radius 3 is 2.93 bits per heavy atom. The SMILES string of the molecule is CCCOc1c(O)[nH]c2ccccc12. The fraction of sp³-hybridized carbons (Fsp3) is 0.273. The number of aromatic amines is 1. The molecule has 14 heavy (non-hydrogen) atoms. The van der Waals surface area contributed by atoms with Gasteiger partial charge in [-0.1, -0.05) is 19.1 Å². The molecule has 2 N–H and O–H groups in total. The lowest BCUT2D eigenvalue weighted by Crippen LogP contribution is -1.93. The first-order valence-corrected chi connectivity index (χ1v) is 4.75. The summed E-state index contributed by atoms with van der Waals surface area (Å²) < 4.78 is 5.46. The average molecular weight is 191 g/mol. The van der Waals surface area contributed by atoms with Crippen molar-refractivity contribution in [1.82, 2.24) is 4.98 Å². The first-order chi connectivity index (χ1) is 6.83. The number of ether oxygens (including phenoxy) is 1. The molecule has 1 aromatic heterocycles. The molecule has 0 saturated heterocycles. The zero-order valence-electron chi connectivity index (χ0n) is 8.08. The van der Waals surface area contributed by atoms with Gasteiger partial charge in [-0.15, -0.1) is 0 Å². The molecule has 0 bridgehead atoms. The molecule has 0 fully saturated rings. The third-order valence-electron chi connectivity index (χ3n) is 2.09. The Bertz CT molecular complexity index is 434. The minimum Gasteiger partial charge on any atom is -0.492 e. The van der Waals surface area contributed by atoms with Crippen LogP contribution in [0, 0.1) is 0 Å². The Hall–Kier alpha value is -1.64. The highest BCUT2D eigenvalue weighted by Crippen LogP contribution is 2.34. The van der Waals surface area contributed by atoms with Crippen LogP contribution in [0.5, 0.6) is 11.6 Å². The van der Waals surface area contributed by atoms with E-state index in [2.05, 4.69) is 4.98 Å². The predicted octanol–water partition coefficient (Wildman–Crippen LogP) is 2.66. The molecule has 0 aliphatic rings. The van der Waals surface area contributed by atoms with Crippen LogP contribution in [0.2, 0.25) is 0 Å². The van der Waals surface area contributed by atoms with Crippen molar-refractivity contribution in [3.05, 3.63) is 24.3 Å². The van der Waals surface area contributed by atoms with Gasteiger partial charge in [0.2, 0.25) is 5.88 Å². The minimum absolute atomic E-state index is 0.111. The Balaban J connectivity index is 2.45. The molecule has 0 atom stereocenters. The molecule has 0 aliphatic heterocycles. The van der Waals surface area contributed by atoms with Crippen molar-refractivity contribution in [1.29, 1.82) is 0 Å². The lowest BCUT2D eigenvalue weighted by atomic mass is 10.2. The largest absolute Gasteiger partial charge is 0.492 e. The molecule has 0 radical (unpaired) electrons. The first-order valence-electron chi connectivity index (χ1n) is 4.75. The van der Waals surface area contributed by atoms with Crippen LogP contribution in [0.1, 0.15) is 13.3 Å². The van der Waals surface area contributed by atoms with E-state index in [4.69, 9.17) is 4.74 Å². The highest BCUT2D eigenvalue weighted by atomic mass is 16.5. The van der Waals surface area contributed by atoms with Crippen LogP contribution in [-0.2, 0) is 0 Å². The Morgan fingerprint density at radius 1 is 1.36 bits per heavy atom. The smallest absolute Gasteiger partial charge is 0.233 e. The van der Waals surface area contributed by atoms with E-state index in [1.54, 1.807) is 0 Å². The molecule has 0 unspecified atom stereocenters. The van der Waals surface area contributed by atoms with Crippen molar-refractivity contribution < 1.29 is 9.84 Å². The number of aromatic nitrogens is 1. The average Bonchev–Trinajstić information content (AvgIpc) is 2.51. The van der Waals surface area contributed by atoms with Crippen LogP contribution < -0.4 is 4.74 Å². The molecular formula is C11H13NO2. The van der Waals surface area contributed by atoms with Gasteiger partial charge in [0.1, 0.15) is 0 Å². The quantitative estimate of drug-likeness (QED) is 0.783. The van der Waals surface area contributed by atoms with Gasteiger partial charge in [-0.25, -0.2) is 0 Å². The lowest BCUT2D eigenvalue weighted by Gasteiger charge is -2.02. The molecule has 1 heterocycles. The van der Waals surface area contributed by atoms with E-state index in [0.29, 0.717) is 12.4 Å². The second-order valence-electron chi connectivity index (χ2n) is 3.20. The maximum absolute atomic E-state index is 9.58. The summed E-state index contributed by atoms with van der Waals surface area (Å²) in [5.41, 5.74) is 0.899. The Kier molecular flexibility index (Phi) is 2.31. The number of fused-ring (bicyclic) bond motifs is 1. The molecule has 0 saturated carbocycles. The van der Waals surface area contributed by atoms with Gasteiger partial charge < -0.3 is 14.8 Å². The standard InChI is InChI=1S/C11H13NO2/c1-2-7-14-10-8-5-3-4-6-9(8)12-11(10)13/h3-6,12-13H,2,7H2,1H3. The Morgan fingerprint density at radius 2 is 2.14 bits per heavy atom. The summed E-state index contributed by atoms with van der Waals surface area (Å²) in [6.45, 7) is 2.65. The number of hydrogen-bond donors (Lipinski definition) is 2. The van der Waals surface area contributed by atoms with Gasteiger partial charge in [0.25, 0.3) is 0 Å². The van der Waals surface area contributed by atoms with Crippen molar-refractivity contribution in [3.63, 3.8) is 0 Å². The maximum Gasteiger partial charge on any atom is 0.233 e. The number of rotatable bonds is 3. The van der Waals surface area contributed by atoms with E-state index >= 15 is 0 Å². The van der Waals surface area contributed by atoms with E-state index in [9.17, 15) is 5.11 Å². The van der Waals surface area contributed by atoms with Gasteiger partial charge in [-0.05, 0) is 18.6 Å². The zero-order valence-corrected chi connectivity index (χ0v) is 8.08. The Labute approximate surface area is 82.3 Å². The normalized spacial score (nSPS) is 10.6. The van der Waals surface area contributed by atoms with Crippen LogP contribution in [0.25, 0.3) is 10.9 Å². The number of para-hydroxylation sites is 1. The molecule has 2 aromatic rings. The molecule has 3 nitrogen and oxygen atoms in total. The number of benzene rings is 1. The molecule has 1 aromatic carbocycles. The second-order valence-corrected chi connectivity index (χ2v) is 3.20. The van der Waals surface area contributed by atoms with Crippen molar-refractivity contribution in [2.24, 2.45) is 0 Å². The van der Waals surface area contributed by atoms with Crippen LogP contribution in [-0.4, -0.2) is 16.7 Å². The minimum atomic E-state index is 0.111. The summed E-state index contributed by atoms with van der Waals surface area (Å²) in [5.74, 6) is 0.669. The van der Waals surface area contributed by atoms with Gasteiger partial charge in [0, 0.05) is 5.39 Å². The fourth-order valence-electron chi connectivity index (χ4n) is 1.45. The first kappa shape index (κ1) is 8.94. The van der Waals surface area contributed by atoms with E-state index < -0.39 is 0 Å². The van der Waals surface area contributed by atoms with Crippen LogP contribution >= 0.6 is 0 Å². The van der Waals surface area contributed by atoms with Gasteiger partial charge in [0.05, 0.1) is 12.1 Å². The van der Waals surface area contributed by atoms with Crippen molar-refractivity contribution in [2.75, 3.05) is 6.61 Å². The van der Waals surface area contributed by atoms with Crippen molar-refractivity contribution >= 4 is 10.9 Å². The highest BCUT2D eigenvalue weighted by molar-refractivity contribution is 5.88. The fourth-order valence-corrected chi connectivity index (χ4v) is 1.45. The molecule has 2 rings (SSSR count). The molecular weight excluding hydrogens is 178 g/mol. The highest BCUT2D eigenvalue weighted by Gasteiger charge is 2.10. The van der Waals surface area contributed by atoms with E-state index in [1.807, 2.05) is 31.2 Å². The van der Waals surface area contributed by atoms with Crippen LogP contribution in [0.15, 0.2) is 24.3 Å². The summed E-state index contributed by atoms with van der Waals surface area (Å²) in [7, 11) is 0. The molecule has 0 amide bonds. The molecule has 3 heteroatoms. The third-order valence-corrected chi connectivity index (χ3v) is 2.09. The van der Waals surface area contributed by atoms with E-state index in [-0.39, 0.29) is 5.88 Å². The summed E-state index contributed by atoms with van der Waals surface area (Å²) in [4.78, 5) is 2.87. The van der Waals surface area contributed by atoms with E-state index in [0.717, 1.165) is 17.3 Å². The third kappa shape index (κ3) is 1.41. The van der Waals surface area contributed by atoms with Gasteiger partial charge in [-0.3, -0.25) is 0 Å². The maximum atomic E-state index is 9.58. The summed E-state index contributed by atoms with van der Waals surface area (Å²) in [6, 6.07) is 7.68. The molecule has 74 valence electrons. The second kappa shape index (κ2) is 3.62. The van der Waals surface area contributed by atoms with Gasteiger partial charge in [-0.2, -0.15) is 0 Å². The van der Waals surface area contributed by atoms with Crippen LogP contribution in [0.4, 0.5) is 0 Å². The molecule has 0 aliphatic carbocycles. The summed E-state index contributed by atoms with van der Waals surface area (Å²) >= 11 is 0. The van der Waals surface area contributed by atoms with Gasteiger partial charge in [0.15, 0.2) is 5.75 Å². The monoisotopic (exact) mass is 191 g/mol. The molecule has 0 spiro atoms. The number of H-pyrrole nitrogens is 1. The number of hydrogen-bond acceptors (Lipinski definition) is 2. The summed E-state index contributed by atoms with van der Waals surface area (Å²) in [6.07, 6.45) is 0.930. The lowest BCUT2D eigenvalue weighted by molar-refractivity contribution is 0.301. The summed E-state index contributed by atoms with van der Waals surface area (Å²) in [5, 5.41) is 10.5. The topological polar surface area (TPSA) is 45.2 Å². The van der Waals surface area contributed by atoms with Crippen molar-refractivity contribution in [3.8, 4) is 11.6 Å². The number of nitrogens with one attached hydrogen (secondary N) is 1.